The van der Waals surface area contributed by atoms with Gasteiger partial charge in [0, 0.05) is 0 Å². The lowest BCUT2D eigenvalue weighted by Crippen LogP contribution is -1.99. The summed E-state index contributed by atoms with van der Waals surface area (Å²) in [5, 5.41) is 9.82. The molecule has 1 aromatic rings. The highest BCUT2D eigenvalue weighted by Crippen LogP contribution is 2.41. The molecule has 0 spiro atoms. The second-order valence-corrected chi connectivity index (χ2v) is 3.56. The summed E-state index contributed by atoms with van der Waals surface area (Å²) in [7, 11) is 1.64. The standard InChI is InChI=1S/C11H14O2/c1-13-10-4-2-3-9(7-10)11(12)8-5-6-8/h2-4,7-8,11-12H,5-6H2,1H3. The van der Waals surface area contributed by atoms with Gasteiger partial charge in [-0.15, -0.1) is 0 Å². The Hall–Kier alpha value is -1.02. The van der Waals surface area contributed by atoms with Crippen molar-refractivity contribution in [3.63, 3.8) is 0 Å². The monoisotopic (exact) mass is 178 g/mol. The Bertz CT molecular complexity index is 292. The van der Waals surface area contributed by atoms with Gasteiger partial charge in [-0.3, -0.25) is 0 Å². The van der Waals surface area contributed by atoms with Crippen molar-refractivity contribution in [1.29, 1.82) is 0 Å². The molecular formula is C11H14O2. The highest BCUT2D eigenvalue weighted by molar-refractivity contribution is 5.30. The second-order valence-electron chi connectivity index (χ2n) is 3.56. The Balaban J connectivity index is 2.18. The summed E-state index contributed by atoms with van der Waals surface area (Å²) in [5.41, 5.74) is 0.974. The van der Waals surface area contributed by atoms with E-state index in [1.165, 1.54) is 0 Å². The number of hydrogen-bond donors (Lipinski definition) is 1. The van der Waals surface area contributed by atoms with Crippen molar-refractivity contribution in [1.82, 2.24) is 0 Å². The summed E-state index contributed by atoms with van der Waals surface area (Å²) >= 11 is 0. The molecule has 0 saturated heterocycles. The molecule has 0 radical (unpaired) electrons. The zero-order valence-electron chi connectivity index (χ0n) is 7.73. The molecule has 1 aliphatic carbocycles. The number of aliphatic hydroxyl groups is 1. The average Bonchev–Trinajstić information content (AvgIpc) is 3.00. The maximum absolute atomic E-state index is 9.82. The van der Waals surface area contributed by atoms with Crippen molar-refractivity contribution >= 4 is 0 Å². The van der Waals surface area contributed by atoms with Gasteiger partial charge in [0.25, 0.3) is 0 Å². The molecule has 1 aliphatic rings. The first-order chi connectivity index (χ1) is 6.31. The summed E-state index contributed by atoms with van der Waals surface area (Å²) in [4.78, 5) is 0. The molecule has 70 valence electrons. The highest BCUT2D eigenvalue weighted by atomic mass is 16.5. The van der Waals surface area contributed by atoms with E-state index in [1.54, 1.807) is 7.11 Å². The minimum absolute atomic E-state index is 0.296. The third-order valence-electron chi connectivity index (χ3n) is 2.50. The van der Waals surface area contributed by atoms with Crippen LogP contribution in [0.15, 0.2) is 24.3 Å². The van der Waals surface area contributed by atoms with Crippen molar-refractivity contribution in [2.24, 2.45) is 5.92 Å². The van der Waals surface area contributed by atoms with Crippen molar-refractivity contribution in [2.75, 3.05) is 7.11 Å². The molecule has 1 fully saturated rings. The Morgan fingerprint density at radius 2 is 2.23 bits per heavy atom. The lowest BCUT2D eigenvalue weighted by molar-refractivity contribution is 0.153. The topological polar surface area (TPSA) is 29.5 Å². The van der Waals surface area contributed by atoms with Gasteiger partial charge >= 0.3 is 0 Å². The lowest BCUT2D eigenvalue weighted by atomic mass is 10.1. The van der Waals surface area contributed by atoms with Crippen LogP contribution in [-0.2, 0) is 0 Å². The summed E-state index contributed by atoms with van der Waals surface area (Å²) in [6.45, 7) is 0. The zero-order valence-corrected chi connectivity index (χ0v) is 7.73. The Kier molecular flexibility index (Phi) is 2.23. The van der Waals surface area contributed by atoms with Crippen LogP contribution in [0.3, 0.4) is 0 Å². The summed E-state index contributed by atoms with van der Waals surface area (Å²) in [5.74, 6) is 1.30. The van der Waals surface area contributed by atoms with Crippen LogP contribution in [0.4, 0.5) is 0 Å². The van der Waals surface area contributed by atoms with E-state index in [1.807, 2.05) is 24.3 Å². The average molecular weight is 178 g/mol. The largest absolute Gasteiger partial charge is 0.497 e. The molecule has 13 heavy (non-hydrogen) atoms. The molecule has 1 unspecified atom stereocenters. The maximum atomic E-state index is 9.82. The van der Waals surface area contributed by atoms with Gasteiger partial charge in [0.15, 0.2) is 0 Å². The van der Waals surface area contributed by atoms with E-state index >= 15 is 0 Å². The number of benzene rings is 1. The fourth-order valence-corrected chi connectivity index (χ4v) is 1.51. The van der Waals surface area contributed by atoms with Crippen LogP contribution in [0.25, 0.3) is 0 Å². The first-order valence-corrected chi connectivity index (χ1v) is 4.63. The smallest absolute Gasteiger partial charge is 0.119 e. The third kappa shape index (κ3) is 1.83. The molecule has 1 aromatic carbocycles. The van der Waals surface area contributed by atoms with Crippen LogP contribution in [0, 0.1) is 5.92 Å². The van der Waals surface area contributed by atoms with Crippen LogP contribution in [0.2, 0.25) is 0 Å². The van der Waals surface area contributed by atoms with Gasteiger partial charge in [-0.2, -0.15) is 0 Å². The lowest BCUT2D eigenvalue weighted by Gasteiger charge is -2.10. The molecule has 1 saturated carbocycles. The zero-order chi connectivity index (χ0) is 9.26. The number of methoxy groups -OCH3 is 1. The fourth-order valence-electron chi connectivity index (χ4n) is 1.51. The van der Waals surface area contributed by atoms with Crippen LogP contribution in [-0.4, -0.2) is 12.2 Å². The number of ether oxygens (including phenoxy) is 1. The van der Waals surface area contributed by atoms with E-state index in [2.05, 4.69) is 0 Å². The molecule has 0 bridgehead atoms. The van der Waals surface area contributed by atoms with Gasteiger partial charge in [-0.1, -0.05) is 12.1 Å². The van der Waals surface area contributed by atoms with E-state index in [-0.39, 0.29) is 6.10 Å². The Morgan fingerprint density at radius 1 is 1.46 bits per heavy atom. The molecule has 0 aromatic heterocycles. The predicted molar refractivity (Wildman–Crippen MR) is 50.7 cm³/mol. The maximum Gasteiger partial charge on any atom is 0.119 e. The van der Waals surface area contributed by atoms with Gasteiger partial charge < -0.3 is 9.84 Å². The first-order valence-electron chi connectivity index (χ1n) is 4.63. The quantitative estimate of drug-likeness (QED) is 0.768. The number of rotatable bonds is 3. The van der Waals surface area contributed by atoms with Gasteiger partial charge in [-0.25, -0.2) is 0 Å². The van der Waals surface area contributed by atoms with Crippen molar-refractivity contribution in [2.45, 2.75) is 18.9 Å². The van der Waals surface area contributed by atoms with E-state index in [4.69, 9.17) is 4.74 Å². The second kappa shape index (κ2) is 3.38. The van der Waals surface area contributed by atoms with E-state index in [0.29, 0.717) is 5.92 Å². The Labute approximate surface area is 78.2 Å². The fraction of sp³-hybridized carbons (Fsp3) is 0.455. The molecule has 2 rings (SSSR count). The minimum Gasteiger partial charge on any atom is -0.497 e. The Morgan fingerprint density at radius 3 is 2.85 bits per heavy atom. The van der Waals surface area contributed by atoms with Crippen molar-refractivity contribution in [3.05, 3.63) is 29.8 Å². The van der Waals surface area contributed by atoms with Gasteiger partial charge in [0.05, 0.1) is 13.2 Å². The molecular weight excluding hydrogens is 164 g/mol. The summed E-state index contributed by atoms with van der Waals surface area (Å²) in [6.07, 6.45) is 2.01. The van der Waals surface area contributed by atoms with Gasteiger partial charge in [0.1, 0.15) is 5.75 Å². The van der Waals surface area contributed by atoms with Crippen LogP contribution in [0.5, 0.6) is 5.75 Å². The molecule has 1 N–H and O–H groups in total. The van der Waals surface area contributed by atoms with Crippen LogP contribution in [0.1, 0.15) is 24.5 Å². The van der Waals surface area contributed by atoms with Crippen molar-refractivity contribution in [3.8, 4) is 5.75 Å². The SMILES string of the molecule is COc1cccc(C(O)C2CC2)c1. The molecule has 0 heterocycles. The molecule has 2 heteroatoms. The molecule has 0 aliphatic heterocycles. The molecule has 0 amide bonds. The summed E-state index contributed by atoms with van der Waals surface area (Å²) in [6, 6.07) is 7.66. The summed E-state index contributed by atoms with van der Waals surface area (Å²) < 4.78 is 5.09. The normalized spacial score (nSPS) is 18.3. The van der Waals surface area contributed by atoms with Gasteiger partial charge in [0.2, 0.25) is 0 Å². The number of hydrogen-bond acceptors (Lipinski definition) is 2. The predicted octanol–water partition coefficient (Wildman–Crippen LogP) is 2.14. The highest BCUT2D eigenvalue weighted by Gasteiger charge is 2.30. The minimum atomic E-state index is -0.296. The molecule has 1 atom stereocenters. The molecule has 2 nitrogen and oxygen atoms in total. The van der Waals surface area contributed by atoms with Crippen molar-refractivity contribution < 1.29 is 9.84 Å². The van der Waals surface area contributed by atoms with Crippen LogP contribution < -0.4 is 4.74 Å². The first kappa shape index (κ1) is 8.57. The van der Waals surface area contributed by atoms with E-state index in [9.17, 15) is 5.11 Å². The third-order valence-corrected chi connectivity index (χ3v) is 2.50. The van der Waals surface area contributed by atoms with E-state index in [0.717, 1.165) is 24.2 Å². The van der Waals surface area contributed by atoms with E-state index < -0.39 is 0 Å². The number of aliphatic hydroxyl groups excluding tert-OH is 1. The van der Waals surface area contributed by atoms with Crippen LogP contribution >= 0.6 is 0 Å². The van der Waals surface area contributed by atoms with Gasteiger partial charge in [-0.05, 0) is 36.5 Å².